The molecule has 98 valence electrons. The standard InChI is InChI=1S/C14H14FN3O/c1-10(16)8-14(13-6-7-19-18-13)17-9-11-4-2-3-5-12(11)15/h2-8H,9,16H2,1H3/b10-8-,17-14?. The first kappa shape index (κ1) is 13.0. The van der Waals surface area contributed by atoms with E-state index in [9.17, 15) is 4.39 Å². The topological polar surface area (TPSA) is 64.4 Å². The van der Waals surface area contributed by atoms with Gasteiger partial charge in [0.1, 0.15) is 17.8 Å². The minimum absolute atomic E-state index is 0.221. The Balaban J connectivity index is 2.27. The zero-order valence-electron chi connectivity index (χ0n) is 10.5. The van der Waals surface area contributed by atoms with Crippen LogP contribution >= 0.6 is 0 Å². The van der Waals surface area contributed by atoms with Crippen LogP contribution in [-0.4, -0.2) is 10.9 Å². The number of rotatable bonds is 4. The maximum Gasteiger partial charge on any atom is 0.131 e. The van der Waals surface area contributed by atoms with Crippen LogP contribution in [-0.2, 0) is 6.54 Å². The van der Waals surface area contributed by atoms with Gasteiger partial charge >= 0.3 is 0 Å². The molecule has 0 unspecified atom stereocenters. The Bertz CT molecular complexity index is 599. The molecule has 1 aromatic heterocycles. The summed E-state index contributed by atoms with van der Waals surface area (Å²) in [6.45, 7) is 1.97. The van der Waals surface area contributed by atoms with Crippen LogP contribution in [0.4, 0.5) is 4.39 Å². The van der Waals surface area contributed by atoms with Crippen LogP contribution in [0.2, 0.25) is 0 Å². The summed E-state index contributed by atoms with van der Waals surface area (Å²) in [7, 11) is 0. The molecule has 0 fully saturated rings. The lowest BCUT2D eigenvalue weighted by atomic mass is 10.2. The maximum atomic E-state index is 13.5. The van der Waals surface area contributed by atoms with Gasteiger partial charge in [-0.2, -0.15) is 0 Å². The Labute approximate surface area is 110 Å². The van der Waals surface area contributed by atoms with Crippen LogP contribution < -0.4 is 5.73 Å². The maximum absolute atomic E-state index is 13.5. The van der Waals surface area contributed by atoms with E-state index >= 15 is 0 Å². The average molecular weight is 259 g/mol. The summed E-state index contributed by atoms with van der Waals surface area (Å²) in [4.78, 5) is 4.34. The number of allylic oxidation sites excluding steroid dienone is 2. The van der Waals surface area contributed by atoms with Gasteiger partial charge in [-0.15, -0.1) is 0 Å². The van der Waals surface area contributed by atoms with Gasteiger partial charge in [0.15, 0.2) is 0 Å². The van der Waals surface area contributed by atoms with Crippen molar-refractivity contribution in [1.29, 1.82) is 0 Å². The zero-order valence-corrected chi connectivity index (χ0v) is 10.5. The summed E-state index contributed by atoms with van der Waals surface area (Å²) in [5.41, 5.74) is 7.90. The molecule has 19 heavy (non-hydrogen) atoms. The first-order chi connectivity index (χ1) is 9.16. The third kappa shape index (κ3) is 3.51. The van der Waals surface area contributed by atoms with E-state index in [0.29, 0.717) is 22.7 Å². The van der Waals surface area contributed by atoms with Crippen LogP contribution in [0.5, 0.6) is 0 Å². The highest BCUT2D eigenvalue weighted by Gasteiger charge is 2.05. The number of nitrogens with zero attached hydrogens (tertiary/aromatic N) is 2. The number of nitrogens with two attached hydrogens (primary N) is 1. The van der Waals surface area contributed by atoms with Gasteiger partial charge in [-0.3, -0.25) is 4.99 Å². The Morgan fingerprint density at radius 1 is 1.42 bits per heavy atom. The molecule has 2 aromatic rings. The van der Waals surface area contributed by atoms with Gasteiger partial charge in [-0.05, 0) is 19.1 Å². The lowest BCUT2D eigenvalue weighted by Crippen LogP contribution is -2.03. The van der Waals surface area contributed by atoms with Crippen molar-refractivity contribution in [3.8, 4) is 0 Å². The highest BCUT2D eigenvalue weighted by molar-refractivity contribution is 6.07. The van der Waals surface area contributed by atoms with Crippen LogP contribution in [0.15, 0.2) is 57.9 Å². The van der Waals surface area contributed by atoms with Crippen molar-refractivity contribution in [2.45, 2.75) is 13.5 Å². The number of hydrogen-bond acceptors (Lipinski definition) is 4. The van der Waals surface area contributed by atoms with E-state index in [0.717, 1.165) is 0 Å². The third-order valence-corrected chi connectivity index (χ3v) is 2.44. The summed E-state index contributed by atoms with van der Waals surface area (Å²) in [6.07, 6.45) is 3.13. The Morgan fingerprint density at radius 3 is 2.84 bits per heavy atom. The molecule has 2 N–H and O–H groups in total. The molecule has 5 heteroatoms. The van der Waals surface area contributed by atoms with Gasteiger partial charge in [0.25, 0.3) is 0 Å². The fourth-order valence-corrected chi connectivity index (χ4v) is 1.56. The van der Waals surface area contributed by atoms with E-state index in [-0.39, 0.29) is 12.4 Å². The van der Waals surface area contributed by atoms with Gasteiger partial charge < -0.3 is 10.3 Å². The Kier molecular flexibility index (Phi) is 4.07. The van der Waals surface area contributed by atoms with Gasteiger partial charge in [0, 0.05) is 17.3 Å². The third-order valence-electron chi connectivity index (χ3n) is 2.44. The lowest BCUT2D eigenvalue weighted by molar-refractivity contribution is 0.418. The summed E-state index contributed by atoms with van der Waals surface area (Å²) < 4.78 is 18.3. The number of halogens is 1. The summed E-state index contributed by atoms with van der Waals surface area (Å²) >= 11 is 0. The van der Waals surface area contributed by atoms with Crippen molar-refractivity contribution in [1.82, 2.24) is 5.16 Å². The van der Waals surface area contributed by atoms with Gasteiger partial charge in [-0.25, -0.2) is 4.39 Å². The molecule has 0 aliphatic carbocycles. The molecule has 4 nitrogen and oxygen atoms in total. The van der Waals surface area contributed by atoms with E-state index in [2.05, 4.69) is 10.1 Å². The van der Waals surface area contributed by atoms with E-state index in [1.807, 2.05) is 0 Å². The highest BCUT2D eigenvalue weighted by atomic mass is 19.1. The molecular weight excluding hydrogens is 245 g/mol. The predicted molar refractivity (Wildman–Crippen MR) is 71.1 cm³/mol. The van der Waals surface area contributed by atoms with E-state index in [1.54, 1.807) is 37.3 Å². The summed E-state index contributed by atoms with van der Waals surface area (Å²) in [5, 5.41) is 3.80. The monoisotopic (exact) mass is 259 g/mol. The number of hydrogen-bond donors (Lipinski definition) is 1. The van der Waals surface area contributed by atoms with E-state index in [4.69, 9.17) is 10.3 Å². The summed E-state index contributed by atoms with van der Waals surface area (Å²) in [5.74, 6) is -0.279. The predicted octanol–water partition coefficient (Wildman–Crippen LogP) is 2.67. The van der Waals surface area contributed by atoms with Crippen LogP contribution in [0.25, 0.3) is 0 Å². The quantitative estimate of drug-likeness (QED) is 0.858. The molecule has 1 heterocycles. The first-order valence-electron chi connectivity index (χ1n) is 5.79. The van der Waals surface area contributed by atoms with Crippen molar-refractivity contribution in [3.63, 3.8) is 0 Å². The van der Waals surface area contributed by atoms with Crippen LogP contribution in [0.3, 0.4) is 0 Å². The highest BCUT2D eigenvalue weighted by Crippen LogP contribution is 2.09. The molecule has 0 aliphatic heterocycles. The van der Waals surface area contributed by atoms with Crippen LogP contribution in [0, 0.1) is 5.82 Å². The van der Waals surface area contributed by atoms with Crippen molar-refractivity contribution in [2.75, 3.05) is 0 Å². The molecule has 0 spiro atoms. The second-order valence-electron chi connectivity index (χ2n) is 4.07. The largest absolute Gasteiger partial charge is 0.402 e. The molecular formula is C14H14FN3O. The molecule has 2 rings (SSSR count). The minimum Gasteiger partial charge on any atom is -0.402 e. The summed E-state index contributed by atoms with van der Waals surface area (Å²) in [6, 6.07) is 8.20. The van der Waals surface area contributed by atoms with Crippen molar-refractivity contribution in [2.24, 2.45) is 10.7 Å². The normalized spacial score (nSPS) is 12.7. The Morgan fingerprint density at radius 2 is 2.21 bits per heavy atom. The minimum atomic E-state index is -0.279. The lowest BCUT2D eigenvalue weighted by Gasteiger charge is -2.01. The molecule has 0 saturated heterocycles. The van der Waals surface area contributed by atoms with Gasteiger partial charge in [0.2, 0.25) is 0 Å². The molecule has 0 saturated carbocycles. The molecule has 0 aliphatic rings. The second-order valence-corrected chi connectivity index (χ2v) is 4.07. The number of aliphatic imine (C=N–C) groups is 1. The smallest absolute Gasteiger partial charge is 0.131 e. The molecule has 1 aromatic carbocycles. The molecule has 0 radical (unpaired) electrons. The second kappa shape index (κ2) is 5.95. The van der Waals surface area contributed by atoms with Crippen molar-refractivity contribution >= 4 is 5.71 Å². The molecule has 0 bridgehead atoms. The molecule has 0 amide bonds. The van der Waals surface area contributed by atoms with Crippen molar-refractivity contribution < 1.29 is 8.91 Å². The van der Waals surface area contributed by atoms with Crippen molar-refractivity contribution in [3.05, 3.63) is 65.4 Å². The fourth-order valence-electron chi connectivity index (χ4n) is 1.56. The van der Waals surface area contributed by atoms with E-state index in [1.165, 1.54) is 12.3 Å². The average Bonchev–Trinajstić information content (AvgIpc) is 2.89. The zero-order chi connectivity index (χ0) is 13.7. The van der Waals surface area contributed by atoms with Gasteiger partial charge in [-0.1, -0.05) is 23.4 Å². The molecule has 0 atom stereocenters. The van der Waals surface area contributed by atoms with Gasteiger partial charge in [0.05, 0.1) is 12.3 Å². The fraction of sp³-hybridized carbons (Fsp3) is 0.143. The first-order valence-corrected chi connectivity index (χ1v) is 5.79. The number of benzene rings is 1. The van der Waals surface area contributed by atoms with E-state index < -0.39 is 0 Å². The number of aromatic nitrogens is 1. The Hall–Kier alpha value is -2.43. The van der Waals surface area contributed by atoms with Crippen LogP contribution in [0.1, 0.15) is 18.2 Å². The SMILES string of the molecule is C/C(N)=C/C(=NCc1ccccc1F)c1ccon1.